The van der Waals surface area contributed by atoms with Crippen LogP contribution in [0.25, 0.3) is 6.08 Å². The number of allylic oxidation sites excluding steroid dienone is 1. The molecule has 2 heterocycles. The molecule has 2 amide bonds. The summed E-state index contributed by atoms with van der Waals surface area (Å²) in [7, 11) is 0. The third-order valence-electron chi connectivity index (χ3n) is 4.84. The van der Waals surface area contributed by atoms with Gasteiger partial charge in [-0.3, -0.25) is 19.3 Å². The molecular formula is C21H18N2O6. The summed E-state index contributed by atoms with van der Waals surface area (Å²) in [4.78, 5) is 37.8. The number of para-hydroxylation sites is 1. The molecule has 2 aliphatic heterocycles. The highest BCUT2D eigenvalue weighted by Crippen LogP contribution is 2.42. The Morgan fingerprint density at radius 3 is 2.72 bits per heavy atom. The van der Waals surface area contributed by atoms with Crippen molar-refractivity contribution in [1.29, 1.82) is 0 Å². The predicted molar refractivity (Wildman–Crippen MR) is 103 cm³/mol. The van der Waals surface area contributed by atoms with Gasteiger partial charge in [0.2, 0.25) is 12.7 Å². The zero-order chi connectivity index (χ0) is 20.6. The standard InChI is InChI=1S/C21H18N2O6/c22-19(25)11-23-16-4-2-1-3-15(16)21(27,20(23)26)10-14(24)7-5-13-6-8-17-18(9-13)29-12-28-17/h1-9,27H,10-12H2,(H2,22,25)/t21-/m1/s1. The molecule has 4 rings (SSSR count). The normalized spacial score (nSPS) is 19.6. The summed E-state index contributed by atoms with van der Waals surface area (Å²) >= 11 is 0. The van der Waals surface area contributed by atoms with Crippen molar-refractivity contribution in [3.63, 3.8) is 0 Å². The zero-order valence-electron chi connectivity index (χ0n) is 15.3. The molecule has 0 bridgehead atoms. The average Bonchev–Trinajstić information content (AvgIpc) is 3.24. The molecule has 0 spiro atoms. The molecule has 1 atom stereocenters. The molecule has 8 heteroatoms. The van der Waals surface area contributed by atoms with Gasteiger partial charge in [-0.1, -0.05) is 30.3 Å². The number of rotatable bonds is 6. The third-order valence-corrected chi connectivity index (χ3v) is 4.84. The lowest BCUT2D eigenvalue weighted by Crippen LogP contribution is -2.44. The molecule has 2 aromatic rings. The minimum absolute atomic E-state index is 0.151. The summed E-state index contributed by atoms with van der Waals surface area (Å²) in [5.74, 6) is -0.700. The Bertz CT molecular complexity index is 1050. The Morgan fingerprint density at radius 1 is 1.17 bits per heavy atom. The van der Waals surface area contributed by atoms with E-state index >= 15 is 0 Å². The van der Waals surface area contributed by atoms with Gasteiger partial charge in [-0.25, -0.2) is 0 Å². The van der Waals surface area contributed by atoms with Crippen LogP contribution in [0.15, 0.2) is 48.5 Å². The van der Waals surface area contributed by atoms with Crippen molar-refractivity contribution in [3.8, 4) is 11.5 Å². The number of carbonyl (C=O) groups excluding carboxylic acids is 3. The van der Waals surface area contributed by atoms with E-state index in [1.165, 1.54) is 6.08 Å². The molecule has 2 aliphatic rings. The monoisotopic (exact) mass is 394 g/mol. The highest BCUT2D eigenvalue weighted by molar-refractivity contribution is 6.12. The molecule has 0 aromatic heterocycles. The van der Waals surface area contributed by atoms with Crippen LogP contribution in [0, 0.1) is 0 Å². The lowest BCUT2D eigenvalue weighted by Gasteiger charge is -2.21. The third kappa shape index (κ3) is 3.34. The van der Waals surface area contributed by atoms with Crippen molar-refractivity contribution in [1.82, 2.24) is 0 Å². The molecule has 0 saturated heterocycles. The van der Waals surface area contributed by atoms with Crippen LogP contribution < -0.4 is 20.1 Å². The predicted octanol–water partition coefficient (Wildman–Crippen LogP) is 1.11. The molecule has 8 nitrogen and oxygen atoms in total. The number of ketones is 1. The first-order chi connectivity index (χ1) is 13.9. The number of hydrogen-bond acceptors (Lipinski definition) is 6. The van der Waals surface area contributed by atoms with Gasteiger partial charge < -0.3 is 20.3 Å². The number of aliphatic hydroxyl groups is 1. The van der Waals surface area contributed by atoms with Crippen LogP contribution in [-0.4, -0.2) is 36.0 Å². The first kappa shape index (κ1) is 18.7. The summed E-state index contributed by atoms with van der Waals surface area (Å²) in [6.45, 7) is -0.225. The van der Waals surface area contributed by atoms with Crippen molar-refractivity contribution in [2.45, 2.75) is 12.0 Å². The fourth-order valence-electron chi connectivity index (χ4n) is 3.51. The van der Waals surface area contributed by atoms with Gasteiger partial charge in [-0.05, 0) is 29.8 Å². The van der Waals surface area contributed by atoms with Gasteiger partial charge in [0.05, 0.1) is 12.1 Å². The number of fused-ring (bicyclic) bond motifs is 2. The first-order valence-corrected chi connectivity index (χ1v) is 8.91. The zero-order valence-corrected chi connectivity index (χ0v) is 15.3. The Hall–Kier alpha value is -3.65. The second-order valence-corrected chi connectivity index (χ2v) is 6.82. The molecule has 29 heavy (non-hydrogen) atoms. The summed E-state index contributed by atoms with van der Waals surface area (Å²) in [5.41, 5.74) is 4.52. The number of nitrogens with two attached hydrogens (primary N) is 1. The van der Waals surface area contributed by atoms with Crippen LogP contribution in [0.5, 0.6) is 11.5 Å². The van der Waals surface area contributed by atoms with Gasteiger partial charge in [-0.15, -0.1) is 0 Å². The SMILES string of the molecule is NC(=O)CN1C(=O)[C@@](O)(CC(=O)C=Cc2ccc3c(c2)OCO3)c2ccccc21. The number of benzene rings is 2. The van der Waals surface area contributed by atoms with Gasteiger partial charge >= 0.3 is 0 Å². The van der Waals surface area contributed by atoms with Gasteiger partial charge in [0, 0.05) is 5.56 Å². The molecule has 148 valence electrons. The Labute approximate surface area is 166 Å². The second kappa shape index (κ2) is 7.06. The Kier molecular flexibility index (Phi) is 4.56. The summed E-state index contributed by atoms with van der Waals surface area (Å²) in [5, 5.41) is 11.1. The Morgan fingerprint density at radius 2 is 1.93 bits per heavy atom. The van der Waals surface area contributed by atoms with E-state index in [0.717, 1.165) is 4.90 Å². The van der Waals surface area contributed by atoms with Gasteiger partial charge in [-0.2, -0.15) is 0 Å². The molecule has 0 unspecified atom stereocenters. The van der Waals surface area contributed by atoms with Crippen molar-refractivity contribution in [3.05, 3.63) is 59.7 Å². The molecule has 0 fully saturated rings. The highest BCUT2D eigenvalue weighted by Gasteiger charge is 2.50. The maximum atomic E-state index is 12.8. The molecule has 0 saturated carbocycles. The second-order valence-electron chi connectivity index (χ2n) is 6.82. The van der Waals surface area contributed by atoms with E-state index in [1.807, 2.05) is 0 Å². The van der Waals surface area contributed by atoms with Gasteiger partial charge in [0.15, 0.2) is 22.9 Å². The topological polar surface area (TPSA) is 119 Å². The van der Waals surface area contributed by atoms with E-state index < -0.39 is 29.6 Å². The largest absolute Gasteiger partial charge is 0.454 e. The molecule has 0 aliphatic carbocycles. The lowest BCUT2D eigenvalue weighted by molar-refractivity contribution is -0.141. The summed E-state index contributed by atoms with van der Waals surface area (Å²) in [6.07, 6.45) is 2.40. The van der Waals surface area contributed by atoms with E-state index in [0.29, 0.717) is 22.7 Å². The van der Waals surface area contributed by atoms with E-state index in [9.17, 15) is 19.5 Å². The van der Waals surface area contributed by atoms with Gasteiger partial charge in [0.25, 0.3) is 5.91 Å². The van der Waals surface area contributed by atoms with Crippen LogP contribution in [-0.2, 0) is 20.0 Å². The lowest BCUT2D eigenvalue weighted by atomic mass is 9.89. The maximum absolute atomic E-state index is 12.8. The first-order valence-electron chi connectivity index (χ1n) is 8.91. The number of primary amides is 1. The highest BCUT2D eigenvalue weighted by atomic mass is 16.7. The summed E-state index contributed by atoms with van der Waals surface area (Å²) < 4.78 is 10.5. The molecular weight excluding hydrogens is 376 g/mol. The molecule has 0 radical (unpaired) electrons. The average molecular weight is 394 g/mol. The van der Waals surface area contributed by atoms with Crippen molar-refractivity contribution < 1.29 is 29.0 Å². The Balaban J connectivity index is 1.55. The summed E-state index contributed by atoms with van der Waals surface area (Å²) in [6, 6.07) is 11.7. The minimum atomic E-state index is -2.05. The molecule has 3 N–H and O–H groups in total. The van der Waals surface area contributed by atoms with E-state index in [4.69, 9.17) is 15.2 Å². The van der Waals surface area contributed by atoms with E-state index in [2.05, 4.69) is 0 Å². The smallest absolute Gasteiger partial charge is 0.264 e. The number of hydrogen-bond donors (Lipinski definition) is 2. The number of ether oxygens (including phenoxy) is 2. The van der Waals surface area contributed by atoms with Crippen molar-refractivity contribution >= 4 is 29.4 Å². The number of anilines is 1. The molecule has 2 aromatic carbocycles. The minimum Gasteiger partial charge on any atom is -0.454 e. The van der Waals surface area contributed by atoms with Crippen LogP contribution in [0.1, 0.15) is 17.5 Å². The van der Waals surface area contributed by atoms with Crippen LogP contribution in [0.2, 0.25) is 0 Å². The van der Waals surface area contributed by atoms with Crippen LogP contribution in [0.3, 0.4) is 0 Å². The number of carbonyl (C=O) groups is 3. The van der Waals surface area contributed by atoms with Crippen molar-refractivity contribution in [2.24, 2.45) is 5.73 Å². The van der Waals surface area contributed by atoms with Crippen LogP contribution >= 0.6 is 0 Å². The van der Waals surface area contributed by atoms with Crippen LogP contribution in [0.4, 0.5) is 5.69 Å². The maximum Gasteiger partial charge on any atom is 0.264 e. The van der Waals surface area contributed by atoms with E-state index in [1.54, 1.807) is 48.5 Å². The van der Waals surface area contributed by atoms with E-state index in [-0.39, 0.29) is 18.9 Å². The van der Waals surface area contributed by atoms with Gasteiger partial charge in [0.1, 0.15) is 6.54 Å². The number of nitrogens with zero attached hydrogens (tertiary/aromatic N) is 1. The fourth-order valence-corrected chi connectivity index (χ4v) is 3.51. The van der Waals surface area contributed by atoms with Crippen molar-refractivity contribution in [2.75, 3.05) is 18.2 Å². The number of amides is 2. The fraction of sp³-hybridized carbons (Fsp3) is 0.190. The quantitative estimate of drug-likeness (QED) is 0.709.